The van der Waals surface area contributed by atoms with Crippen LogP contribution in [0.5, 0.6) is 5.75 Å². The number of amides is 3. The maximum absolute atomic E-state index is 12.8. The first-order valence-electron chi connectivity index (χ1n) is 9.94. The zero-order valence-electron chi connectivity index (χ0n) is 16.5. The van der Waals surface area contributed by atoms with E-state index >= 15 is 0 Å². The lowest BCUT2D eigenvalue weighted by atomic mass is 9.74. The van der Waals surface area contributed by atoms with Gasteiger partial charge in [0.25, 0.3) is 0 Å². The minimum Gasteiger partial charge on any atom is -0.404 e. The Labute approximate surface area is 178 Å². The molecular weight excluding hydrogens is 437 g/mol. The van der Waals surface area contributed by atoms with Gasteiger partial charge in [-0.1, -0.05) is 12.1 Å². The molecule has 3 amide bonds. The Balaban J connectivity index is 1.13. The zero-order valence-corrected chi connectivity index (χ0v) is 17.3. The smallest absolute Gasteiger partial charge is 0.404 e. The summed E-state index contributed by atoms with van der Waals surface area (Å²) in [6.07, 6.45) is -3.61. The topological polar surface area (TPSA) is 82.2 Å². The first kappa shape index (κ1) is 20.6. The van der Waals surface area contributed by atoms with E-state index in [-0.39, 0.29) is 27.8 Å². The normalized spacial score (nSPS) is 24.9. The molecule has 4 fully saturated rings. The van der Waals surface area contributed by atoms with Gasteiger partial charge in [-0.25, -0.2) is 13.3 Å². The minimum atomic E-state index is -4.86. The van der Waals surface area contributed by atoms with E-state index in [4.69, 9.17) is 0 Å². The highest BCUT2D eigenvalue weighted by Crippen LogP contribution is 2.43. The van der Waals surface area contributed by atoms with Crippen molar-refractivity contribution in [3.05, 3.63) is 24.3 Å². The van der Waals surface area contributed by atoms with Crippen LogP contribution in [0.3, 0.4) is 0 Å². The summed E-state index contributed by atoms with van der Waals surface area (Å²) in [5.41, 5.74) is -0.430. The number of urea groups is 1. The molecule has 4 saturated heterocycles. The SMILES string of the molecule is O=C1CCC2(CN(C(=O)N3CC4(C3)CN(S(=O)c3ccccc3OC(F)(F)F)C4)C2)N1. The molecule has 1 unspecified atom stereocenters. The van der Waals surface area contributed by atoms with Gasteiger partial charge in [0, 0.05) is 51.1 Å². The van der Waals surface area contributed by atoms with Crippen molar-refractivity contribution in [1.29, 1.82) is 0 Å². The number of alkyl halides is 3. The van der Waals surface area contributed by atoms with Gasteiger partial charge in [-0.3, -0.25) is 4.79 Å². The highest BCUT2D eigenvalue weighted by atomic mass is 32.2. The van der Waals surface area contributed by atoms with E-state index < -0.39 is 23.1 Å². The third kappa shape index (κ3) is 3.65. The molecule has 1 N–H and O–H groups in total. The van der Waals surface area contributed by atoms with Crippen molar-refractivity contribution < 1.29 is 31.7 Å². The molecule has 1 atom stereocenters. The van der Waals surface area contributed by atoms with E-state index in [0.29, 0.717) is 45.7 Å². The Hall–Kier alpha value is -2.34. The number of hydrogen-bond donors (Lipinski definition) is 1. The van der Waals surface area contributed by atoms with Crippen LogP contribution in [0.25, 0.3) is 0 Å². The fourth-order valence-corrected chi connectivity index (χ4v) is 6.43. The molecule has 1 aromatic rings. The number of hydrogen-bond acceptors (Lipinski definition) is 4. The zero-order chi connectivity index (χ0) is 22.0. The summed E-state index contributed by atoms with van der Waals surface area (Å²) in [7, 11) is -1.78. The summed E-state index contributed by atoms with van der Waals surface area (Å²) >= 11 is 0. The predicted molar refractivity (Wildman–Crippen MR) is 102 cm³/mol. The second-order valence-corrected chi connectivity index (χ2v) is 10.3. The summed E-state index contributed by atoms with van der Waals surface area (Å²) in [6, 6.07) is 5.35. The van der Waals surface area contributed by atoms with Crippen molar-refractivity contribution in [3.63, 3.8) is 0 Å². The Morgan fingerprint density at radius 1 is 1.06 bits per heavy atom. The highest BCUT2D eigenvalue weighted by Gasteiger charge is 2.57. The van der Waals surface area contributed by atoms with Gasteiger partial charge in [0.2, 0.25) is 5.91 Å². The largest absolute Gasteiger partial charge is 0.573 e. The van der Waals surface area contributed by atoms with Crippen LogP contribution in [-0.4, -0.2) is 81.4 Å². The average Bonchev–Trinajstić information content (AvgIpc) is 2.99. The molecule has 0 aromatic heterocycles. The summed E-state index contributed by atoms with van der Waals surface area (Å²) in [5.74, 6) is -0.440. The molecule has 168 valence electrons. The van der Waals surface area contributed by atoms with Crippen LogP contribution in [0.2, 0.25) is 0 Å². The molecule has 8 nitrogen and oxygen atoms in total. The minimum absolute atomic E-state index is 0.0218. The van der Waals surface area contributed by atoms with Crippen molar-refractivity contribution in [2.24, 2.45) is 5.41 Å². The maximum Gasteiger partial charge on any atom is 0.573 e. The molecule has 4 aliphatic heterocycles. The Kier molecular flexibility index (Phi) is 4.53. The standard InChI is InChI=1S/C19H21F3N4O4S/c20-19(21,22)30-13-3-1-2-4-14(13)31(29)26-9-17(10-26)7-24(8-17)16(28)25-11-18(12-25)6-5-15(27)23-18/h1-4H,5-12H2,(H,23,27). The van der Waals surface area contributed by atoms with Crippen LogP contribution in [-0.2, 0) is 15.8 Å². The van der Waals surface area contributed by atoms with Crippen LogP contribution in [0.4, 0.5) is 18.0 Å². The molecule has 0 saturated carbocycles. The van der Waals surface area contributed by atoms with Crippen molar-refractivity contribution in [2.75, 3.05) is 39.3 Å². The average molecular weight is 458 g/mol. The Morgan fingerprint density at radius 2 is 1.71 bits per heavy atom. The van der Waals surface area contributed by atoms with Gasteiger partial charge < -0.3 is 19.9 Å². The number of ether oxygens (including phenoxy) is 1. The van der Waals surface area contributed by atoms with Gasteiger partial charge in [0.05, 0.1) is 10.4 Å². The molecule has 31 heavy (non-hydrogen) atoms. The lowest BCUT2D eigenvalue weighted by Crippen LogP contribution is -2.77. The number of nitrogens with zero attached hydrogens (tertiary/aromatic N) is 3. The molecular formula is C19H21F3N4O4S. The van der Waals surface area contributed by atoms with Gasteiger partial charge >= 0.3 is 12.4 Å². The Morgan fingerprint density at radius 3 is 2.32 bits per heavy atom. The number of carbonyl (C=O) groups excluding carboxylic acids is 2. The molecule has 2 spiro atoms. The van der Waals surface area contributed by atoms with E-state index in [1.54, 1.807) is 14.1 Å². The molecule has 12 heteroatoms. The number of rotatable bonds is 3. The molecule has 5 rings (SSSR count). The van der Waals surface area contributed by atoms with Crippen molar-refractivity contribution >= 4 is 22.9 Å². The Bertz CT molecular complexity index is 952. The van der Waals surface area contributed by atoms with Gasteiger partial charge in [0.1, 0.15) is 16.7 Å². The summed E-state index contributed by atoms with van der Waals surface area (Å²) < 4.78 is 56.2. The van der Waals surface area contributed by atoms with Crippen molar-refractivity contribution in [1.82, 2.24) is 19.4 Å². The van der Waals surface area contributed by atoms with E-state index in [9.17, 15) is 27.0 Å². The van der Waals surface area contributed by atoms with Gasteiger partial charge in [-0.05, 0) is 18.6 Å². The summed E-state index contributed by atoms with van der Waals surface area (Å²) in [5, 5.41) is 2.95. The van der Waals surface area contributed by atoms with Gasteiger partial charge in [0.15, 0.2) is 0 Å². The highest BCUT2D eigenvalue weighted by molar-refractivity contribution is 7.82. The third-order valence-corrected chi connectivity index (χ3v) is 7.78. The van der Waals surface area contributed by atoms with E-state index in [1.165, 1.54) is 18.2 Å². The molecule has 4 heterocycles. The summed E-state index contributed by atoms with van der Waals surface area (Å²) in [4.78, 5) is 27.5. The van der Waals surface area contributed by atoms with Crippen LogP contribution >= 0.6 is 0 Å². The third-order valence-electron chi connectivity index (χ3n) is 6.34. The van der Waals surface area contributed by atoms with Crippen LogP contribution in [0.1, 0.15) is 12.8 Å². The first-order chi connectivity index (χ1) is 14.6. The number of para-hydroxylation sites is 1. The van der Waals surface area contributed by atoms with Crippen molar-refractivity contribution in [2.45, 2.75) is 29.6 Å². The lowest BCUT2D eigenvalue weighted by Gasteiger charge is -2.61. The van der Waals surface area contributed by atoms with E-state index in [0.717, 1.165) is 12.5 Å². The monoisotopic (exact) mass is 458 g/mol. The van der Waals surface area contributed by atoms with Crippen LogP contribution in [0, 0.1) is 5.41 Å². The van der Waals surface area contributed by atoms with Gasteiger partial charge in [-0.15, -0.1) is 13.2 Å². The van der Waals surface area contributed by atoms with Crippen molar-refractivity contribution in [3.8, 4) is 5.75 Å². The fourth-order valence-electron chi connectivity index (χ4n) is 4.89. The molecule has 1 aromatic carbocycles. The fraction of sp³-hybridized carbons (Fsp3) is 0.579. The second-order valence-electron chi connectivity index (χ2n) is 8.86. The van der Waals surface area contributed by atoms with Crippen LogP contribution < -0.4 is 10.1 Å². The van der Waals surface area contributed by atoms with E-state index in [2.05, 4.69) is 10.1 Å². The second kappa shape index (κ2) is 6.83. The number of likely N-dealkylation sites (tertiary alicyclic amines) is 2. The van der Waals surface area contributed by atoms with E-state index in [1.807, 2.05) is 0 Å². The number of nitrogens with one attached hydrogen (secondary N) is 1. The number of benzene rings is 1. The quantitative estimate of drug-likeness (QED) is 0.741. The van der Waals surface area contributed by atoms with Gasteiger partial charge in [-0.2, -0.15) is 0 Å². The predicted octanol–water partition coefficient (Wildman–Crippen LogP) is 1.31. The lowest BCUT2D eigenvalue weighted by molar-refractivity contribution is -0.275. The number of carbonyl (C=O) groups is 2. The molecule has 0 radical (unpaired) electrons. The molecule has 0 bridgehead atoms. The number of halogens is 3. The summed E-state index contributed by atoms with van der Waals surface area (Å²) in [6.45, 7) is 2.96. The molecule has 4 aliphatic rings. The van der Waals surface area contributed by atoms with Crippen LogP contribution in [0.15, 0.2) is 29.2 Å². The maximum atomic E-state index is 12.8. The molecule has 0 aliphatic carbocycles. The first-order valence-corrected chi connectivity index (χ1v) is 11.0.